The lowest BCUT2D eigenvalue weighted by atomic mass is 10.1. The SMILES string of the molecule is CCN1CCN(Cc2ccc(Nc3ncc(F)c(-c4cc(F)c5nc6n(c5c4)[C@@H](C)CC6)n3)nc2)CC1. The molecule has 0 radical (unpaired) electrons. The summed E-state index contributed by atoms with van der Waals surface area (Å²) in [6, 6.07) is 7.16. The van der Waals surface area contributed by atoms with Crippen LogP contribution in [0.25, 0.3) is 22.3 Å². The number of rotatable bonds is 6. The molecule has 5 heterocycles. The zero-order chi connectivity index (χ0) is 25.5. The number of hydrogen-bond donors (Lipinski definition) is 1. The summed E-state index contributed by atoms with van der Waals surface area (Å²) in [5.74, 6) is 0.509. The third-order valence-corrected chi connectivity index (χ3v) is 7.45. The van der Waals surface area contributed by atoms with E-state index in [1.807, 2.05) is 22.9 Å². The number of benzene rings is 1. The van der Waals surface area contributed by atoms with Crippen molar-refractivity contribution in [1.82, 2.24) is 34.3 Å². The first kappa shape index (κ1) is 23.9. The van der Waals surface area contributed by atoms with Crippen LogP contribution in [-0.2, 0) is 13.0 Å². The second-order valence-electron chi connectivity index (χ2n) is 9.89. The Labute approximate surface area is 214 Å². The van der Waals surface area contributed by atoms with Crippen LogP contribution in [0.4, 0.5) is 20.5 Å². The highest BCUT2D eigenvalue weighted by atomic mass is 19.1. The number of aromatic nitrogens is 5. The maximum Gasteiger partial charge on any atom is 0.229 e. The summed E-state index contributed by atoms with van der Waals surface area (Å²) in [5.41, 5.74) is 2.48. The molecule has 1 fully saturated rings. The molecule has 3 aromatic heterocycles. The van der Waals surface area contributed by atoms with Crippen LogP contribution >= 0.6 is 0 Å². The maximum atomic E-state index is 15.0. The Morgan fingerprint density at radius 3 is 2.54 bits per heavy atom. The summed E-state index contributed by atoms with van der Waals surface area (Å²) in [5, 5.41) is 3.05. The summed E-state index contributed by atoms with van der Waals surface area (Å²) in [7, 11) is 0. The van der Waals surface area contributed by atoms with E-state index in [-0.39, 0.29) is 17.7 Å². The molecular weight excluding hydrogens is 474 g/mol. The summed E-state index contributed by atoms with van der Waals surface area (Å²) >= 11 is 0. The first-order valence-electron chi connectivity index (χ1n) is 12.9. The molecule has 1 N–H and O–H groups in total. The van der Waals surface area contributed by atoms with Crippen molar-refractivity contribution in [2.75, 3.05) is 38.0 Å². The third-order valence-electron chi connectivity index (χ3n) is 7.45. The van der Waals surface area contributed by atoms with E-state index in [2.05, 4.69) is 48.9 Å². The molecule has 1 aromatic carbocycles. The Kier molecular flexibility index (Phi) is 6.29. The van der Waals surface area contributed by atoms with Crippen molar-refractivity contribution in [2.45, 2.75) is 39.3 Å². The van der Waals surface area contributed by atoms with Crippen LogP contribution in [0.3, 0.4) is 0 Å². The van der Waals surface area contributed by atoms with Crippen molar-refractivity contribution in [2.24, 2.45) is 0 Å². The number of piperazine rings is 1. The third kappa shape index (κ3) is 4.67. The van der Waals surface area contributed by atoms with E-state index in [4.69, 9.17) is 0 Å². The number of aryl methyl sites for hydroxylation is 1. The van der Waals surface area contributed by atoms with Crippen LogP contribution < -0.4 is 5.32 Å². The molecule has 37 heavy (non-hydrogen) atoms. The minimum Gasteiger partial charge on any atom is -0.325 e. The van der Waals surface area contributed by atoms with Crippen molar-refractivity contribution in [3.63, 3.8) is 0 Å². The van der Waals surface area contributed by atoms with Gasteiger partial charge in [-0.05, 0) is 43.7 Å². The van der Waals surface area contributed by atoms with Gasteiger partial charge >= 0.3 is 0 Å². The fraction of sp³-hybridized carbons (Fsp3) is 0.407. The van der Waals surface area contributed by atoms with Crippen LogP contribution in [0, 0.1) is 11.6 Å². The normalized spacial score (nSPS) is 18.4. The van der Waals surface area contributed by atoms with Crippen molar-refractivity contribution in [1.29, 1.82) is 0 Å². The maximum absolute atomic E-state index is 15.0. The molecule has 1 atom stereocenters. The number of fused-ring (bicyclic) bond motifs is 3. The van der Waals surface area contributed by atoms with E-state index in [0.717, 1.165) is 69.7 Å². The quantitative estimate of drug-likeness (QED) is 0.413. The van der Waals surface area contributed by atoms with Crippen molar-refractivity contribution < 1.29 is 8.78 Å². The van der Waals surface area contributed by atoms with E-state index in [1.54, 1.807) is 6.07 Å². The lowest BCUT2D eigenvalue weighted by molar-refractivity contribution is 0.132. The van der Waals surface area contributed by atoms with Gasteiger partial charge in [-0.25, -0.2) is 28.7 Å². The molecule has 0 saturated carbocycles. The number of anilines is 2. The summed E-state index contributed by atoms with van der Waals surface area (Å²) in [6.07, 6.45) is 4.70. The van der Waals surface area contributed by atoms with E-state index in [1.165, 1.54) is 6.07 Å². The van der Waals surface area contributed by atoms with E-state index in [0.29, 0.717) is 22.4 Å². The van der Waals surface area contributed by atoms with Gasteiger partial charge in [0.25, 0.3) is 0 Å². The van der Waals surface area contributed by atoms with Crippen LogP contribution in [0.15, 0.2) is 36.7 Å². The molecule has 192 valence electrons. The molecule has 6 rings (SSSR count). The van der Waals surface area contributed by atoms with Gasteiger partial charge in [0.05, 0.1) is 11.7 Å². The number of nitrogens with one attached hydrogen (secondary N) is 1. The summed E-state index contributed by atoms with van der Waals surface area (Å²) in [4.78, 5) is 22.3. The minimum absolute atomic E-state index is 0.0299. The van der Waals surface area contributed by atoms with E-state index >= 15 is 0 Å². The molecule has 0 unspecified atom stereocenters. The monoisotopic (exact) mass is 504 g/mol. The number of imidazole rings is 1. The van der Waals surface area contributed by atoms with Gasteiger partial charge in [-0.15, -0.1) is 0 Å². The first-order valence-corrected chi connectivity index (χ1v) is 12.9. The smallest absolute Gasteiger partial charge is 0.229 e. The van der Waals surface area contributed by atoms with Gasteiger partial charge < -0.3 is 14.8 Å². The lowest BCUT2D eigenvalue weighted by Gasteiger charge is -2.33. The van der Waals surface area contributed by atoms with Gasteiger partial charge in [0.15, 0.2) is 11.6 Å². The van der Waals surface area contributed by atoms with Crippen molar-refractivity contribution >= 4 is 22.8 Å². The minimum atomic E-state index is -0.620. The number of likely N-dealkylation sites (N-methyl/N-ethyl adjacent to an activating group) is 1. The molecular formula is C27H30F2N8. The van der Waals surface area contributed by atoms with E-state index < -0.39 is 11.6 Å². The van der Waals surface area contributed by atoms with Gasteiger partial charge in [0.2, 0.25) is 5.95 Å². The molecule has 1 saturated heterocycles. The molecule has 0 amide bonds. The largest absolute Gasteiger partial charge is 0.325 e. The van der Waals surface area contributed by atoms with Crippen molar-refractivity contribution in [3.05, 3.63) is 59.7 Å². The fourth-order valence-corrected chi connectivity index (χ4v) is 5.33. The number of hydrogen-bond acceptors (Lipinski definition) is 7. The lowest BCUT2D eigenvalue weighted by Crippen LogP contribution is -2.45. The predicted octanol–water partition coefficient (Wildman–Crippen LogP) is 4.55. The van der Waals surface area contributed by atoms with Gasteiger partial charge in [-0.2, -0.15) is 0 Å². The van der Waals surface area contributed by atoms with Crippen molar-refractivity contribution in [3.8, 4) is 11.3 Å². The predicted molar refractivity (Wildman–Crippen MR) is 139 cm³/mol. The molecule has 0 spiro atoms. The number of nitrogens with zero attached hydrogens (tertiary/aromatic N) is 7. The standard InChI is InChI=1S/C27H30F2N8/c1-3-35-8-10-36(11-9-35)16-18-5-6-23(30-14-18)32-27-31-15-21(29)25(34-27)19-12-20(28)26-22(13-19)37-17(2)4-7-24(37)33-26/h5-6,12-15,17H,3-4,7-11,16H2,1-2H3,(H,30,31,32,34)/t17-/m0/s1. The molecule has 2 aliphatic rings. The second-order valence-corrected chi connectivity index (χ2v) is 9.89. The molecule has 10 heteroatoms. The Balaban J connectivity index is 1.21. The Hall–Kier alpha value is -3.50. The zero-order valence-corrected chi connectivity index (χ0v) is 21.1. The second kappa shape index (κ2) is 9.75. The molecule has 0 aliphatic carbocycles. The first-order chi connectivity index (χ1) is 18.0. The number of pyridine rings is 1. The van der Waals surface area contributed by atoms with Gasteiger partial charge in [0, 0.05) is 56.9 Å². The Morgan fingerprint density at radius 1 is 0.973 bits per heavy atom. The zero-order valence-electron chi connectivity index (χ0n) is 21.1. The molecule has 4 aromatic rings. The van der Waals surface area contributed by atoms with Crippen LogP contribution in [0.1, 0.15) is 37.7 Å². The van der Waals surface area contributed by atoms with Gasteiger partial charge in [-0.1, -0.05) is 13.0 Å². The topological polar surface area (TPSA) is 75.0 Å². The molecule has 0 bridgehead atoms. The molecule has 8 nitrogen and oxygen atoms in total. The van der Waals surface area contributed by atoms with Gasteiger partial charge in [-0.3, -0.25) is 4.90 Å². The Bertz CT molecular complexity index is 1430. The van der Waals surface area contributed by atoms with Gasteiger partial charge in [0.1, 0.15) is 22.9 Å². The molecule has 2 aliphatic heterocycles. The average molecular weight is 505 g/mol. The van der Waals surface area contributed by atoms with Crippen LogP contribution in [-0.4, -0.2) is 67.0 Å². The Morgan fingerprint density at radius 2 is 1.78 bits per heavy atom. The number of halogens is 2. The highest BCUT2D eigenvalue weighted by Gasteiger charge is 2.25. The highest BCUT2D eigenvalue weighted by Crippen LogP contribution is 2.34. The van der Waals surface area contributed by atoms with Crippen LogP contribution in [0.2, 0.25) is 0 Å². The fourth-order valence-electron chi connectivity index (χ4n) is 5.33. The summed E-state index contributed by atoms with van der Waals surface area (Å²) < 4.78 is 31.8. The van der Waals surface area contributed by atoms with E-state index in [9.17, 15) is 8.78 Å². The van der Waals surface area contributed by atoms with Crippen LogP contribution in [0.5, 0.6) is 0 Å². The average Bonchev–Trinajstić information content (AvgIpc) is 3.47. The highest BCUT2D eigenvalue weighted by molar-refractivity contribution is 5.83. The summed E-state index contributed by atoms with van der Waals surface area (Å²) in [6.45, 7) is 10.5.